The van der Waals surface area contributed by atoms with Gasteiger partial charge >= 0.3 is 0 Å². The fourth-order valence-corrected chi connectivity index (χ4v) is 2.69. The molecule has 1 amide bonds. The molecule has 0 aliphatic carbocycles. The summed E-state index contributed by atoms with van der Waals surface area (Å²) in [6.45, 7) is 4.15. The monoisotopic (exact) mass is 226 g/mol. The van der Waals surface area contributed by atoms with Gasteiger partial charge in [-0.3, -0.25) is 4.79 Å². The highest BCUT2D eigenvalue weighted by atomic mass is 16.5. The zero-order chi connectivity index (χ0) is 11.7. The van der Waals surface area contributed by atoms with E-state index in [1.54, 1.807) is 0 Å². The Bertz CT molecular complexity index is 268. The number of amides is 1. The van der Waals surface area contributed by atoms with E-state index >= 15 is 0 Å². The van der Waals surface area contributed by atoms with E-state index in [0.29, 0.717) is 12.0 Å². The van der Waals surface area contributed by atoms with Crippen molar-refractivity contribution >= 4 is 5.91 Å². The maximum Gasteiger partial charge on any atom is 0.237 e. The van der Waals surface area contributed by atoms with Gasteiger partial charge < -0.3 is 15.8 Å². The average molecular weight is 226 g/mol. The number of nitrogens with one attached hydrogen (secondary N) is 1. The largest absolute Gasteiger partial charge is 0.373 e. The predicted octanol–water partition coefficient (Wildman–Crippen LogP) is 0.796. The van der Waals surface area contributed by atoms with Crippen LogP contribution >= 0.6 is 0 Å². The van der Waals surface area contributed by atoms with Crippen LogP contribution < -0.4 is 11.1 Å². The summed E-state index contributed by atoms with van der Waals surface area (Å²) in [6.07, 6.45) is 4.54. The van der Waals surface area contributed by atoms with Crippen LogP contribution in [0.2, 0.25) is 0 Å². The molecular weight excluding hydrogens is 204 g/mol. The Kier molecular flexibility index (Phi) is 3.50. The Morgan fingerprint density at radius 1 is 1.50 bits per heavy atom. The van der Waals surface area contributed by atoms with Gasteiger partial charge in [0.15, 0.2) is 0 Å². The molecule has 0 saturated carbocycles. The van der Waals surface area contributed by atoms with Crippen molar-refractivity contribution in [3.05, 3.63) is 0 Å². The Balaban J connectivity index is 1.79. The van der Waals surface area contributed by atoms with E-state index in [0.717, 1.165) is 25.7 Å². The van der Waals surface area contributed by atoms with Gasteiger partial charge in [-0.1, -0.05) is 13.8 Å². The van der Waals surface area contributed by atoms with Crippen LogP contribution in [0.25, 0.3) is 0 Å². The molecule has 0 aromatic carbocycles. The topological polar surface area (TPSA) is 64.4 Å². The molecule has 0 radical (unpaired) electrons. The van der Waals surface area contributed by atoms with Gasteiger partial charge in [-0.2, -0.15) is 0 Å². The first-order chi connectivity index (χ1) is 7.56. The second-order valence-electron chi connectivity index (χ2n) is 5.46. The molecule has 0 aromatic rings. The number of hydrogen-bond donors (Lipinski definition) is 2. The third-order valence-corrected chi connectivity index (χ3v) is 3.50. The summed E-state index contributed by atoms with van der Waals surface area (Å²) in [5.74, 6) is 0.437. The first-order valence-electron chi connectivity index (χ1n) is 6.27. The summed E-state index contributed by atoms with van der Waals surface area (Å²) in [7, 11) is 0. The Hall–Kier alpha value is -0.610. The maximum absolute atomic E-state index is 11.8. The van der Waals surface area contributed by atoms with Crippen molar-refractivity contribution in [1.29, 1.82) is 0 Å². The minimum absolute atomic E-state index is 0.0187. The molecule has 3 N–H and O–H groups in total. The molecule has 0 spiro atoms. The molecule has 2 saturated heterocycles. The van der Waals surface area contributed by atoms with Crippen molar-refractivity contribution in [3.8, 4) is 0 Å². The molecule has 2 rings (SSSR count). The van der Waals surface area contributed by atoms with Gasteiger partial charge in [0.05, 0.1) is 24.3 Å². The zero-order valence-corrected chi connectivity index (χ0v) is 10.1. The lowest BCUT2D eigenvalue weighted by molar-refractivity contribution is -0.123. The molecule has 2 bridgehead atoms. The van der Waals surface area contributed by atoms with E-state index in [-0.39, 0.29) is 24.1 Å². The standard InChI is InChI=1S/C12H22N2O2/c1-7(2)5-9(13)12(15)14-10-6-8-3-4-11(10)16-8/h7-11H,3-6,13H2,1-2H3,(H,14,15)/t8?,9-,10?,11?/m0/s1. The number of carbonyl (C=O) groups is 1. The summed E-state index contributed by atoms with van der Waals surface area (Å²) in [6, 6.07) is -0.177. The van der Waals surface area contributed by atoms with Crippen molar-refractivity contribution in [2.45, 2.75) is 63.8 Å². The van der Waals surface area contributed by atoms with Crippen molar-refractivity contribution in [2.75, 3.05) is 0 Å². The van der Waals surface area contributed by atoms with Gasteiger partial charge in [-0.25, -0.2) is 0 Å². The molecule has 4 nitrogen and oxygen atoms in total. The van der Waals surface area contributed by atoms with Gasteiger partial charge in [-0.15, -0.1) is 0 Å². The SMILES string of the molecule is CC(C)C[C@H](N)C(=O)NC1CC2CCC1O2. The molecule has 2 fully saturated rings. The third-order valence-electron chi connectivity index (χ3n) is 3.50. The molecule has 4 heteroatoms. The first kappa shape index (κ1) is 11.9. The summed E-state index contributed by atoms with van der Waals surface area (Å²) >= 11 is 0. The van der Waals surface area contributed by atoms with Crippen LogP contribution in [0.4, 0.5) is 0 Å². The summed E-state index contributed by atoms with van der Waals surface area (Å²) in [5.41, 5.74) is 5.84. The lowest BCUT2D eigenvalue weighted by Crippen LogP contribution is -2.49. The molecular formula is C12H22N2O2. The highest BCUT2D eigenvalue weighted by Crippen LogP contribution is 2.34. The van der Waals surface area contributed by atoms with Gasteiger partial charge in [-0.05, 0) is 31.6 Å². The minimum atomic E-state index is -0.376. The van der Waals surface area contributed by atoms with Crippen molar-refractivity contribution < 1.29 is 9.53 Å². The molecule has 2 aliphatic heterocycles. The fourth-order valence-electron chi connectivity index (χ4n) is 2.69. The Morgan fingerprint density at radius 2 is 2.25 bits per heavy atom. The number of rotatable bonds is 4. The summed E-state index contributed by atoms with van der Waals surface area (Å²) in [5, 5.41) is 3.03. The van der Waals surface area contributed by atoms with Crippen molar-refractivity contribution in [2.24, 2.45) is 11.7 Å². The zero-order valence-electron chi connectivity index (χ0n) is 10.1. The van der Waals surface area contributed by atoms with Gasteiger partial charge in [0.1, 0.15) is 0 Å². The molecule has 2 aliphatic rings. The molecule has 2 heterocycles. The first-order valence-corrected chi connectivity index (χ1v) is 6.27. The fraction of sp³-hybridized carbons (Fsp3) is 0.917. The number of carbonyl (C=O) groups excluding carboxylic acids is 1. The van der Waals surface area contributed by atoms with Crippen molar-refractivity contribution in [1.82, 2.24) is 5.32 Å². The van der Waals surface area contributed by atoms with Crippen LogP contribution in [0.5, 0.6) is 0 Å². The Labute approximate surface area is 96.9 Å². The van der Waals surface area contributed by atoms with Gasteiger partial charge in [0.2, 0.25) is 5.91 Å². The summed E-state index contributed by atoms with van der Waals surface area (Å²) < 4.78 is 5.69. The second kappa shape index (κ2) is 4.72. The molecule has 16 heavy (non-hydrogen) atoms. The van der Waals surface area contributed by atoms with Crippen LogP contribution in [-0.2, 0) is 9.53 Å². The van der Waals surface area contributed by atoms with E-state index in [1.807, 2.05) is 0 Å². The Morgan fingerprint density at radius 3 is 2.75 bits per heavy atom. The smallest absolute Gasteiger partial charge is 0.237 e. The van der Waals surface area contributed by atoms with E-state index < -0.39 is 0 Å². The number of fused-ring (bicyclic) bond motifs is 2. The van der Waals surface area contributed by atoms with Crippen LogP contribution in [0.1, 0.15) is 39.5 Å². The molecule has 4 atom stereocenters. The number of ether oxygens (including phenoxy) is 1. The van der Waals surface area contributed by atoms with Crippen LogP contribution in [-0.4, -0.2) is 30.2 Å². The average Bonchev–Trinajstić information content (AvgIpc) is 2.77. The quantitative estimate of drug-likeness (QED) is 0.745. The lowest BCUT2D eigenvalue weighted by Gasteiger charge is -2.22. The summed E-state index contributed by atoms with van der Waals surface area (Å²) in [4.78, 5) is 11.8. The van der Waals surface area contributed by atoms with E-state index in [1.165, 1.54) is 0 Å². The molecule has 3 unspecified atom stereocenters. The van der Waals surface area contributed by atoms with Gasteiger partial charge in [0, 0.05) is 0 Å². The minimum Gasteiger partial charge on any atom is -0.373 e. The normalized spacial score (nSPS) is 34.4. The molecule has 0 aromatic heterocycles. The molecule has 92 valence electrons. The highest BCUT2D eigenvalue weighted by Gasteiger charge is 2.41. The number of hydrogen-bond acceptors (Lipinski definition) is 3. The third kappa shape index (κ3) is 2.55. The van der Waals surface area contributed by atoms with Crippen LogP contribution in [0.3, 0.4) is 0 Å². The van der Waals surface area contributed by atoms with Crippen LogP contribution in [0, 0.1) is 5.92 Å². The second-order valence-corrected chi connectivity index (χ2v) is 5.46. The van der Waals surface area contributed by atoms with E-state index in [4.69, 9.17) is 10.5 Å². The van der Waals surface area contributed by atoms with Gasteiger partial charge in [0.25, 0.3) is 0 Å². The van der Waals surface area contributed by atoms with E-state index in [9.17, 15) is 4.79 Å². The highest BCUT2D eigenvalue weighted by molar-refractivity contribution is 5.81. The number of nitrogens with two attached hydrogens (primary N) is 1. The van der Waals surface area contributed by atoms with Crippen molar-refractivity contribution in [3.63, 3.8) is 0 Å². The maximum atomic E-state index is 11.8. The van der Waals surface area contributed by atoms with E-state index in [2.05, 4.69) is 19.2 Å². The lowest BCUT2D eigenvalue weighted by atomic mass is 9.95. The van der Waals surface area contributed by atoms with Crippen LogP contribution in [0.15, 0.2) is 0 Å². The predicted molar refractivity (Wildman–Crippen MR) is 61.9 cm³/mol.